The lowest BCUT2D eigenvalue weighted by atomic mass is 9.76. The van der Waals surface area contributed by atoms with Gasteiger partial charge in [-0.15, -0.1) is 0 Å². The average Bonchev–Trinajstić information content (AvgIpc) is 3.67. The molecule has 0 spiro atoms. The van der Waals surface area contributed by atoms with Crippen LogP contribution in [0.5, 0.6) is 17.2 Å². The molecule has 2 amide bonds. The summed E-state index contributed by atoms with van der Waals surface area (Å²) in [4.78, 5) is 37.0. The molecule has 2 aliphatic heterocycles. The molecule has 260 valence electrons. The van der Waals surface area contributed by atoms with E-state index in [-0.39, 0.29) is 11.8 Å². The van der Waals surface area contributed by atoms with E-state index in [4.69, 9.17) is 23.9 Å². The van der Waals surface area contributed by atoms with Gasteiger partial charge in [-0.3, -0.25) is 14.5 Å². The van der Waals surface area contributed by atoms with E-state index < -0.39 is 5.41 Å². The standard InChI is InChI=1S/C38H47N5O6/c1-5-49-24-23-42-31-14-10-9-13-30(31)40-37(42)39-29-15-19-41(20-16-29)21-17-38(28-11-7-6-8-12-28)18-22-43(36(38)45)35(44)27-25-32(46-2)34(48-4)33(26-27)47-3/h6-14,25-26,29H,5,15-24H2,1-4H3,(H,39,40). The Kier molecular flexibility index (Phi) is 10.7. The van der Waals surface area contributed by atoms with E-state index >= 15 is 0 Å². The molecule has 2 aliphatic rings. The lowest BCUT2D eigenvalue weighted by molar-refractivity contribution is -0.130. The number of ether oxygens (including phenoxy) is 4. The maximum absolute atomic E-state index is 14.4. The van der Waals surface area contributed by atoms with Crippen LogP contribution in [0.1, 0.15) is 48.5 Å². The van der Waals surface area contributed by atoms with Gasteiger partial charge in [0.15, 0.2) is 11.5 Å². The van der Waals surface area contributed by atoms with Crippen LogP contribution in [-0.4, -0.2) is 97.9 Å². The Morgan fingerprint density at radius 2 is 1.61 bits per heavy atom. The second kappa shape index (κ2) is 15.3. The number of para-hydroxylation sites is 2. The van der Waals surface area contributed by atoms with Crippen molar-refractivity contribution >= 4 is 28.8 Å². The Bertz CT molecular complexity index is 1730. The predicted octanol–water partition coefficient (Wildman–Crippen LogP) is 5.38. The SMILES string of the molecule is CCOCCn1c(NC2CCN(CCC3(c4ccccc4)CCN(C(=O)c4cc(OC)c(OC)c(OC)c4)C3=O)CC2)nc2ccccc21. The number of benzene rings is 3. The maximum atomic E-state index is 14.4. The Hall–Kier alpha value is -4.61. The van der Waals surface area contributed by atoms with Gasteiger partial charge in [0, 0.05) is 44.4 Å². The van der Waals surface area contributed by atoms with Gasteiger partial charge in [-0.25, -0.2) is 4.98 Å². The third kappa shape index (κ3) is 6.95. The van der Waals surface area contributed by atoms with E-state index in [1.807, 2.05) is 55.5 Å². The minimum absolute atomic E-state index is 0.167. The fourth-order valence-corrected chi connectivity index (χ4v) is 7.27. The maximum Gasteiger partial charge on any atom is 0.260 e. The summed E-state index contributed by atoms with van der Waals surface area (Å²) in [5.74, 6) is 1.47. The van der Waals surface area contributed by atoms with Crippen molar-refractivity contribution in [1.29, 1.82) is 0 Å². The quantitative estimate of drug-likeness (QED) is 0.140. The number of hydrogen-bond donors (Lipinski definition) is 1. The fraction of sp³-hybridized carbons (Fsp3) is 0.447. The highest BCUT2D eigenvalue weighted by molar-refractivity contribution is 6.09. The second-order valence-electron chi connectivity index (χ2n) is 12.7. The number of fused-ring (bicyclic) bond motifs is 1. The number of aromatic nitrogens is 2. The number of anilines is 1. The van der Waals surface area contributed by atoms with E-state index in [0.29, 0.717) is 61.5 Å². The van der Waals surface area contributed by atoms with E-state index in [9.17, 15) is 9.59 Å². The molecule has 4 aromatic rings. The molecule has 1 atom stereocenters. The Balaban J connectivity index is 1.13. The van der Waals surface area contributed by atoms with Crippen molar-refractivity contribution < 1.29 is 28.5 Å². The molecule has 0 aliphatic carbocycles. The first-order valence-corrected chi connectivity index (χ1v) is 17.2. The van der Waals surface area contributed by atoms with E-state index in [1.54, 1.807) is 12.1 Å². The van der Waals surface area contributed by atoms with Gasteiger partial charge >= 0.3 is 0 Å². The van der Waals surface area contributed by atoms with Crippen LogP contribution in [0.15, 0.2) is 66.7 Å². The van der Waals surface area contributed by atoms with Crippen LogP contribution < -0.4 is 19.5 Å². The first-order valence-electron chi connectivity index (χ1n) is 17.2. The van der Waals surface area contributed by atoms with Crippen molar-refractivity contribution in [3.8, 4) is 17.2 Å². The summed E-state index contributed by atoms with van der Waals surface area (Å²) < 4.78 is 24.3. The third-order valence-electron chi connectivity index (χ3n) is 9.99. The third-order valence-corrected chi connectivity index (χ3v) is 9.99. The molecular weight excluding hydrogens is 622 g/mol. The number of nitrogens with one attached hydrogen (secondary N) is 1. The van der Waals surface area contributed by atoms with E-state index in [2.05, 4.69) is 20.9 Å². The van der Waals surface area contributed by atoms with Crippen molar-refractivity contribution in [3.63, 3.8) is 0 Å². The zero-order valence-electron chi connectivity index (χ0n) is 28.9. The van der Waals surface area contributed by atoms with Crippen molar-refractivity contribution in [2.75, 3.05) is 66.0 Å². The highest BCUT2D eigenvalue weighted by atomic mass is 16.5. The molecule has 3 aromatic carbocycles. The van der Waals surface area contributed by atoms with Crippen LogP contribution in [0, 0.1) is 0 Å². The molecule has 0 bridgehead atoms. The van der Waals surface area contributed by atoms with Gasteiger partial charge in [-0.05, 0) is 69.0 Å². The number of hydrogen-bond acceptors (Lipinski definition) is 9. The van der Waals surface area contributed by atoms with Crippen LogP contribution in [0.25, 0.3) is 11.0 Å². The summed E-state index contributed by atoms with van der Waals surface area (Å²) in [7, 11) is 4.53. The van der Waals surface area contributed by atoms with Crippen molar-refractivity contribution in [1.82, 2.24) is 19.4 Å². The molecule has 1 N–H and O–H groups in total. The van der Waals surface area contributed by atoms with Crippen molar-refractivity contribution in [2.45, 2.75) is 50.6 Å². The van der Waals surface area contributed by atoms with Crippen LogP contribution in [-0.2, 0) is 21.5 Å². The number of carbonyl (C=O) groups is 2. The Morgan fingerprint density at radius 1 is 0.918 bits per heavy atom. The van der Waals surface area contributed by atoms with Gasteiger partial charge in [0.1, 0.15) is 0 Å². The molecule has 49 heavy (non-hydrogen) atoms. The Labute approximate surface area is 288 Å². The fourth-order valence-electron chi connectivity index (χ4n) is 7.27. The molecule has 11 heteroatoms. The second-order valence-corrected chi connectivity index (χ2v) is 12.7. The monoisotopic (exact) mass is 669 g/mol. The molecule has 3 heterocycles. The minimum Gasteiger partial charge on any atom is -0.493 e. The number of nitrogens with zero attached hydrogens (tertiary/aromatic N) is 4. The lowest BCUT2D eigenvalue weighted by Gasteiger charge is -2.35. The summed E-state index contributed by atoms with van der Waals surface area (Å²) >= 11 is 0. The molecule has 2 fully saturated rings. The molecule has 6 rings (SSSR count). The van der Waals surface area contributed by atoms with Gasteiger partial charge in [-0.2, -0.15) is 0 Å². The number of amides is 2. The number of piperidine rings is 1. The van der Waals surface area contributed by atoms with E-state index in [1.165, 1.54) is 26.2 Å². The zero-order chi connectivity index (χ0) is 34.4. The topological polar surface area (TPSA) is 107 Å². The smallest absolute Gasteiger partial charge is 0.260 e. The van der Waals surface area contributed by atoms with E-state index in [0.717, 1.165) is 61.6 Å². The van der Waals surface area contributed by atoms with Crippen LogP contribution in [0.2, 0.25) is 0 Å². The summed E-state index contributed by atoms with van der Waals surface area (Å²) in [6.45, 7) is 6.98. The van der Waals surface area contributed by atoms with Gasteiger partial charge in [0.2, 0.25) is 17.6 Å². The number of imidazole rings is 1. The minimum atomic E-state index is -0.794. The van der Waals surface area contributed by atoms with Crippen molar-refractivity contribution in [2.24, 2.45) is 0 Å². The molecule has 0 saturated carbocycles. The molecule has 11 nitrogen and oxygen atoms in total. The zero-order valence-corrected chi connectivity index (χ0v) is 28.9. The number of methoxy groups -OCH3 is 3. The highest BCUT2D eigenvalue weighted by Crippen LogP contribution is 2.42. The average molecular weight is 670 g/mol. The first kappa shape index (κ1) is 34.3. The van der Waals surface area contributed by atoms with Crippen LogP contribution in [0.4, 0.5) is 5.95 Å². The van der Waals surface area contributed by atoms with Crippen LogP contribution >= 0.6 is 0 Å². The highest BCUT2D eigenvalue weighted by Gasteiger charge is 2.50. The first-order chi connectivity index (χ1) is 23.9. The molecule has 1 aromatic heterocycles. The van der Waals surface area contributed by atoms with Gasteiger partial charge in [-0.1, -0.05) is 42.5 Å². The van der Waals surface area contributed by atoms with Crippen molar-refractivity contribution in [3.05, 3.63) is 77.9 Å². The summed E-state index contributed by atoms with van der Waals surface area (Å²) in [6.07, 6.45) is 3.11. The van der Waals surface area contributed by atoms with Gasteiger partial charge in [0.05, 0.1) is 44.4 Å². The number of carbonyl (C=O) groups excluding carboxylic acids is 2. The summed E-state index contributed by atoms with van der Waals surface area (Å²) in [6, 6.07) is 21.6. The molecule has 2 saturated heterocycles. The molecule has 1 unspecified atom stereocenters. The van der Waals surface area contributed by atoms with Crippen LogP contribution in [0.3, 0.4) is 0 Å². The Morgan fingerprint density at radius 3 is 2.29 bits per heavy atom. The normalized spacial score (nSPS) is 18.6. The van der Waals surface area contributed by atoms with Gasteiger partial charge < -0.3 is 33.7 Å². The summed E-state index contributed by atoms with van der Waals surface area (Å²) in [5, 5.41) is 3.73. The van der Waals surface area contributed by atoms with Gasteiger partial charge in [0.25, 0.3) is 5.91 Å². The lowest BCUT2D eigenvalue weighted by Crippen LogP contribution is -2.45. The number of imide groups is 1. The molecular formula is C38H47N5O6. The largest absolute Gasteiger partial charge is 0.493 e. The number of likely N-dealkylation sites (tertiary alicyclic amines) is 2. The molecule has 0 radical (unpaired) electrons. The number of rotatable bonds is 14. The predicted molar refractivity (Wildman–Crippen MR) is 189 cm³/mol. The summed E-state index contributed by atoms with van der Waals surface area (Å²) in [5.41, 5.74) is 2.55.